The van der Waals surface area contributed by atoms with Gasteiger partial charge in [-0.15, -0.1) is 0 Å². The van der Waals surface area contributed by atoms with Gasteiger partial charge in [0.25, 0.3) is 0 Å². The first-order valence-corrected chi connectivity index (χ1v) is 11.1. The first-order valence-electron chi connectivity index (χ1n) is 11.1. The molecule has 1 rings (SSSR count). The number of hydrogen-bond donors (Lipinski definition) is 0. The lowest BCUT2D eigenvalue weighted by Crippen LogP contribution is -2.16. The number of carbonyl (C=O) groups is 1. The van der Waals surface area contributed by atoms with E-state index in [1.165, 1.54) is 63.4 Å². The third-order valence-corrected chi connectivity index (χ3v) is 5.17. The van der Waals surface area contributed by atoms with Gasteiger partial charge in [0, 0.05) is 0 Å². The summed E-state index contributed by atoms with van der Waals surface area (Å²) in [6, 6.07) is 7.84. The summed E-state index contributed by atoms with van der Waals surface area (Å²) < 4.78 is 10.6. The van der Waals surface area contributed by atoms with Gasteiger partial charge in [-0.1, -0.05) is 90.7 Å². The zero-order chi connectivity index (χ0) is 19.7. The van der Waals surface area contributed by atoms with Crippen molar-refractivity contribution in [3.8, 4) is 5.75 Å². The minimum absolute atomic E-state index is 0.432. The van der Waals surface area contributed by atoms with Gasteiger partial charge in [0.2, 0.25) is 0 Å². The first-order chi connectivity index (χ1) is 13.2. The fourth-order valence-corrected chi connectivity index (χ4v) is 3.22. The van der Waals surface area contributed by atoms with Gasteiger partial charge in [-0.3, -0.25) is 0 Å². The van der Waals surface area contributed by atoms with E-state index >= 15 is 0 Å². The molecule has 0 aliphatic rings. The Kier molecular flexibility index (Phi) is 13.5. The molecule has 0 spiro atoms. The monoisotopic (exact) mass is 376 g/mol. The van der Waals surface area contributed by atoms with Crippen LogP contribution in [0.2, 0.25) is 0 Å². The molecule has 1 atom stereocenters. The van der Waals surface area contributed by atoms with E-state index in [0.29, 0.717) is 18.3 Å². The molecule has 0 heterocycles. The zero-order valence-electron chi connectivity index (χ0n) is 17.8. The Morgan fingerprint density at radius 2 is 1.48 bits per heavy atom. The third kappa shape index (κ3) is 11.7. The standard InChI is InChI=1S/C24H40O3/c1-4-7-9-10-11-12-13-15-22-16-18-23(19-17-22)27-24(25)26-20-21(6-3)14-8-5-2/h16-19,21H,4-15,20H2,1-3H3. The quantitative estimate of drug-likeness (QED) is 0.179. The van der Waals surface area contributed by atoms with E-state index < -0.39 is 6.16 Å². The second kappa shape index (κ2) is 15.5. The Morgan fingerprint density at radius 3 is 2.11 bits per heavy atom. The Labute approximate surface area is 166 Å². The normalized spacial score (nSPS) is 12.0. The Bertz CT molecular complexity index is 481. The highest BCUT2D eigenvalue weighted by Crippen LogP contribution is 2.17. The van der Waals surface area contributed by atoms with Crippen molar-refractivity contribution in [1.82, 2.24) is 0 Å². The topological polar surface area (TPSA) is 35.5 Å². The van der Waals surface area contributed by atoms with Crippen LogP contribution < -0.4 is 4.74 Å². The maximum atomic E-state index is 11.9. The van der Waals surface area contributed by atoms with Crippen LogP contribution in [0.15, 0.2) is 24.3 Å². The Morgan fingerprint density at radius 1 is 0.852 bits per heavy atom. The lowest BCUT2D eigenvalue weighted by atomic mass is 10.0. The van der Waals surface area contributed by atoms with E-state index in [0.717, 1.165) is 19.3 Å². The smallest absolute Gasteiger partial charge is 0.434 e. The van der Waals surface area contributed by atoms with Crippen molar-refractivity contribution in [3.05, 3.63) is 29.8 Å². The van der Waals surface area contributed by atoms with Crippen LogP contribution in [0.5, 0.6) is 5.75 Å². The van der Waals surface area contributed by atoms with Crippen molar-refractivity contribution in [2.45, 2.75) is 97.8 Å². The van der Waals surface area contributed by atoms with Gasteiger partial charge in [0.05, 0.1) is 6.61 Å². The van der Waals surface area contributed by atoms with Gasteiger partial charge in [-0.25, -0.2) is 4.79 Å². The summed E-state index contributed by atoms with van der Waals surface area (Å²) in [4.78, 5) is 11.9. The molecule has 0 aliphatic heterocycles. The lowest BCUT2D eigenvalue weighted by molar-refractivity contribution is 0.0812. The van der Waals surface area contributed by atoms with Crippen LogP contribution in [0, 0.1) is 5.92 Å². The molecule has 1 aromatic carbocycles. The average molecular weight is 377 g/mol. The highest BCUT2D eigenvalue weighted by Gasteiger charge is 2.11. The van der Waals surface area contributed by atoms with E-state index in [2.05, 4.69) is 32.9 Å². The number of carbonyl (C=O) groups excluding carboxylic acids is 1. The molecule has 0 aromatic heterocycles. The van der Waals surface area contributed by atoms with E-state index in [1.54, 1.807) is 0 Å². The summed E-state index contributed by atoms with van der Waals surface area (Å²) in [7, 11) is 0. The largest absolute Gasteiger partial charge is 0.513 e. The molecule has 3 heteroatoms. The molecule has 0 fully saturated rings. The molecular formula is C24H40O3. The van der Waals surface area contributed by atoms with Crippen LogP contribution in [-0.2, 0) is 11.2 Å². The summed E-state index contributed by atoms with van der Waals surface area (Å²) in [5.41, 5.74) is 1.30. The molecule has 0 bridgehead atoms. The fraction of sp³-hybridized carbons (Fsp3) is 0.708. The van der Waals surface area contributed by atoms with Crippen molar-refractivity contribution >= 4 is 6.16 Å². The summed E-state index contributed by atoms with van der Waals surface area (Å²) in [5, 5.41) is 0. The molecule has 0 N–H and O–H groups in total. The van der Waals surface area contributed by atoms with Crippen molar-refractivity contribution in [3.63, 3.8) is 0 Å². The molecule has 27 heavy (non-hydrogen) atoms. The Hall–Kier alpha value is -1.51. The lowest BCUT2D eigenvalue weighted by Gasteiger charge is -2.14. The molecule has 1 aromatic rings. The molecule has 3 nitrogen and oxygen atoms in total. The minimum atomic E-state index is -0.593. The molecular weight excluding hydrogens is 336 g/mol. The Balaban J connectivity index is 2.22. The van der Waals surface area contributed by atoms with Gasteiger partial charge in [0.1, 0.15) is 5.75 Å². The second-order valence-electron chi connectivity index (χ2n) is 7.59. The average Bonchev–Trinajstić information content (AvgIpc) is 2.68. The van der Waals surface area contributed by atoms with Gasteiger partial charge in [-0.05, 0) is 42.9 Å². The van der Waals surface area contributed by atoms with Crippen LogP contribution in [0.1, 0.15) is 97.0 Å². The number of benzene rings is 1. The second-order valence-corrected chi connectivity index (χ2v) is 7.59. The molecule has 154 valence electrons. The summed E-state index contributed by atoms with van der Waals surface area (Å²) in [5.74, 6) is 0.992. The van der Waals surface area contributed by atoms with Crippen molar-refractivity contribution < 1.29 is 14.3 Å². The SMILES string of the molecule is CCCCCCCCCc1ccc(OC(=O)OCC(CC)CCCC)cc1. The van der Waals surface area contributed by atoms with Crippen LogP contribution >= 0.6 is 0 Å². The van der Waals surface area contributed by atoms with Crippen molar-refractivity contribution in [1.29, 1.82) is 0 Å². The van der Waals surface area contributed by atoms with Crippen LogP contribution in [-0.4, -0.2) is 12.8 Å². The molecule has 0 radical (unpaired) electrons. The maximum Gasteiger partial charge on any atom is 0.513 e. The van der Waals surface area contributed by atoms with Gasteiger partial charge < -0.3 is 9.47 Å². The summed E-state index contributed by atoms with van der Waals surface area (Å²) >= 11 is 0. The number of aryl methyl sites for hydroxylation is 1. The molecule has 0 saturated carbocycles. The molecule has 0 amide bonds. The number of hydrogen-bond acceptors (Lipinski definition) is 3. The highest BCUT2D eigenvalue weighted by molar-refractivity contribution is 5.63. The highest BCUT2D eigenvalue weighted by atomic mass is 16.7. The van der Waals surface area contributed by atoms with Crippen LogP contribution in [0.25, 0.3) is 0 Å². The van der Waals surface area contributed by atoms with E-state index in [4.69, 9.17) is 9.47 Å². The van der Waals surface area contributed by atoms with E-state index in [1.807, 2.05) is 12.1 Å². The summed E-state index contributed by atoms with van der Waals surface area (Å²) in [6.07, 6.45) is 14.2. The van der Waals surface area contributed by atoms with Gasteiger partial charge >= 0.3 is 6.16 Å². The third-order valence-electron chi connectivity index (χ3n) is 5.17. The molecule has 1 unspecified atom stereocenters. The van der Waals surface area contributed by atoms with E-state index in [9.17, 15) is 4.79 Å². The maximum absolute atomic E-state index is 11.9. The molecule has 0 aliphatic carbocycles. The predicted octanol–water partition coefficient (Wildman–Crippen LogP) is 7.71. The first kappa shape index (κ1) is 23.5. The van der Waals surface area contributed by atoms with Crippen LogP contribution in [0.4, 0.5) is 4.79 Å². The van der Waals surface area contributed by atoms with Crippen molar-refractivity contribution in [2.75, 3.05) is 6.61 Å². The minimum Gasteiger partial charge on any atom is -0.434 e. The molecule has 0 saturated heterocycles. The van der Waals surface area contributed by atoms with Crippen LogP contribution in [0.3, 0.4) is 0 Å². The number of unbranched alkanes of at least 4 members (excludes halogenated alkanes) is 7. The summed E-state index contributed by atoms with van der Waals surface area (Å²) in [6.45, 7) is 7.02. The van der Waals surface area contributed by atoms with Gasteiger partial charge in [0.15, 0.2) is 0 Å². The zero-order valence-corrected chi connectivity index (χ0v) is 17.8. The number of rotatable bonds is 15. The van der Waals surface area contributed by atoms with Gasteiger partial charge in [-0.2, -0.15) is 0 Å². The fourth-order valence-electron chi connectivity index (χ4n) is 3.22. The predicted molar refractivity (Wildman–Crippen MR) is 113 cm³/mol. The van der Waals surface area contributed by atoms with Crippen molar-refractivity contribution in [2.24, 2.45) is 5.92 Å². The van der Waals surface area contributed by atoms with E-state index in [-0.39, 0.29) is 0 Å². The number of ether oxygens (including phenoxy) is 2.